The van der Waals surface area contributed by atoms with E-state index in [1.54, 1.807) is 0 Å². The van der Waals surface area contributed by atoms with Crippen LogP contribution in [0.1, 0.15) is 36.0 Å². The molecule has 1 aliphatic carbocycles. The highest BCUT2D eigenvalue weighted by molar-refractivity contribution is 6.07. The summed E-state index contributed by atoms with van der Waals surface area (Å²) in [5.74, 6) is 2.13. The molecule has 1 amide bonds. The first-order valence-corrected chi connectivity index (χ1v) is 12.9. The highest BCUT2D eigenvalue weighted by atomic mass is 16.1. The third kappa shape index (κ3) is 5.46. The van der Waals surface area contributed by atoms with E-state index in [-0.39, 0.29) is 5.91 Å². The highest BCUT2D eigenvalue weighted by Gasteiger charge is 2.22. The second kappa shape index (κ2) is 10.7. The zero-order chi connectivity index (χ0) is 24.2. The molecule has 0 atom stereocenters. The first kappa shape index (κ1) is 23.7. The van der Waals surface area contributed by atoms with Crippen molar-refractivity contribution in [3.63, 3.8) is 0 Å². The minimum atomic E-state index is -0.0344. The van der Waals surface area contributed by atoms with Crippen LogP contribution in [-0.4, -0.2) is 67.1 Å². The molecular formula is C28H36N6O. The first-order chi connectivity index (χ1) is 17.1. The van der Waals surface area contributed by atoms with E-state index in [0.29, 0.717) is 23.9 Å². The Hall–Kier alpha value is -3.03. The molecule has 0 radical (unpaired) electrons. The quantitative estimate of drug-likeness (QED) is 0.571. The molecule has 0 spiro atoms. The SMILES string of the molecule is CN1CCN(c2ccc(-c3cc(C(=O)NC[C@H]4CC[C@H](CN)CC4)c4ccccc4n3)cn2)CC1. The molecule has 7 heteroatoms. The fourth-order valence-electron chi connectivity index (χ4n) is 5.27. The standard InChI is InChI=1S/C28H36N6O/c1-33-12-14-34(15-13-33)27-11-10-22(19-30-27)26-16-24(23-4-2-3-5-25(23)32-26)28(35)31-18-21-8-6-20(17-29)7-9-21/h2-5,10-11,16,19-21H,6-9,12-15,17-18,29H2,1H3,(H,31,35)/t20-,21-. The van der Waals surface area contributed by atoms with Crippen molar-refractivity contribution >= 4 is 22.6 Å². The van der Waals surface area contributed by atoms with Crippen LogP contribution in [0.3, 0.4) is 0 Å². The lowest BCUT2D eigenvalue weighted by Gasteiger charge is -2.33. The number of piperazine rings is 1. The van der Waals surface area contributed by atoms with Gasteiger partial charge in [-0.25, -0.2) is 9.97 Å². The van der Waals surface area contributed by atoms with Gasteiger partial charge >= 0.3 is 0 Å². The molecule has 3 N–H and O–H groups in total. The molecule has 1 aliphatic heterocycles. The Morgan fingerprint density at radius 2 is 1.77 bits per heavy atom. The number of anilines is 1. The van der Waals surface area contributed by atoms with Crippen LogP contribution in [0.5, 0.6) is 0 Å². The lowest BCUT2D eigenvalue weighted by Crippen LogP contribution is -2.44. The lowest BCUT2D eigenvalue weighted by molar-refractivity contribution is 0.0943. The molecule has 0 bridgehead atoms. The smallest absolute Gasteiger partial charge is 0.252 e. The second-order valence-electron chi connectivity index (χ2n) is 10.1. The number of carbonyl (C=O) groups excluding carboxylic acids is 1. The number of hydrogen-bond donors (Lipinski definition) is 2. The number of likely N-dealkylation sites (N-methyl/N-ethyl adjacent to an activating group) is 1. The van der Waals surface area contributed by atoms with E-state index < -0.39 is 0 Å². The van der Waals surface area contributed by atoms with Crippen LogP contribution in [0.15, 0.2) is 48.7 Å². The van der Waals surface area contributed by atoms with Gasteiger partial charge in [0.05, 0.1) is 16.8 Å². The summed E-state index contributed by atoms with van der Waals surface area (Å²) in [6.45, 7) is 5.54. The van der Waals surface area contributed by atoms with Crippen molar-refractivity contribution in [1.82, 2.24) is 20.2 Å². The van der Waals surface area contributed by atoms with Crippen molar-refractivity contribution in [2.75, 3.05) is 51.2 Å². The number of nitrogens with zero attached hydrogens (tertiary/aromatic N) is 4. The summed E-state index contributed by atoms with van der Waals surface area (Å²) in [7, 11) is 2.15. The van der Waals surface area contributed by atoms with E-state index in [9.17, 15) is 4.79 Å². The van der Waals surface area contributed by atoms with Gasteiger partial charge in [-0.1, -0.05) is 18.2 Å². The average molecular weight is 473 g/mol. The van der Waals surface area contributed by atoms with Crippen molar-refractivity contribution in [2.24, 2.45) is 17.6 Å². The summed E-state index contributed by atoms with van der Waals surface area (Å²) in [5, 5.41) is 4.08. The minimum absolute atomic E-state index is 0.0344. The summed E-state index contributed by atoms with van der Waals surface area (Å²) in [6, 6.07) is 13.9. The van der Waals surface area contributed by atoms with Crippen LogP contribution >= 0.6 is 0 Å². The fraction of sp³-hybridized carbons (Fsp3) is 0.464. The summed E-state index contributed by atoms with van der Waals surface area (Å²) in [4.78, 5) is 27.5. The van der Waals surface area contributed by atoms with E-state index >= 15 is 0 Å². The van der Waals surface area contributed by atoms with Crippen LogP contribution < -0.4 is 16.0 Å². The maximum absolute atomic E-state index is 13.3. The van der Waals surface area contributed by atoms with Gasteiger partial charge in [0.2, 0.25) is 0 Å². The highest BCUT2D eigenvalue weighted by Crippen LogP contribution is 2.29. The van der Waals surface area contributed by atoms with Gasteiger partial charge in [-0.05, 0) is 75.4 Å². The topological polar surface area (TPSA) is 87.4 Å². The number of fused-ring (bicyclic) bond motifs is 1. The van der Waals surface area contributed by atoms with Crippen LogP contribution in [0.25, 0.3) is 22.2 Å². The molecule has 1 aromatic carbocycles. The molecule has 1 saturated heterocycles. The van der Waals surface area contributed by atoms with Crippen molar-refractivity contribution < 1.29 is 4.79 Å². The number of benzene rings is 1. The number of amides is 1. The van der Waals surface area contributed by atoms with Crippen molar-refractivity contribution in [3.05, 3.63) is 54.2 Å². The largest absolute Gasteiger partial charge is 0.354 e. The van der Waals surface area contributed by atoms with Crippen LogP contribution in [-0.2, 0) is 0 Å². The van der Waals surface area contributed by atoms with Gasteiger partial charge in [0.1, 0.15) is 5.82 Å². The summed E-state index contributed by atoms with van der Waals surface area (Å²) < 4.78 is 0. The number of hydrogen-bond acceptors (Lipinski definition) is 6. The van der Waals surface area contributed by atoms with Crippen molar-refractivity contribution in [2.45, 2.75) is 25.7 Å². The van der Waals surface area contributed by atoms with Gasteiger partial charge in [0.25, 0.3) is 5.91 Å². The van der Waals surface area contributed by atoms with Gasteiger partial charge in [-0.3, -0.25) is 4.79 Å². The number of para-hydroxylation sites is 1. The Morgan fingerprint density at radius 3 is 2.49 bits per heavy atom. The minimum Gasteiger partial charge on any atom is -0.354 e. The fourth-order valence-corrected chi connectivity index (χ4v) is 5.27. The first-order valence-electron chi connectivity index (χ1n) is 12.9. The molecule has 5 rings (SSSR count). The zero-order valence-corrected chi connectivity index (χ0v) is 20.6. The molecule has 2 aliphatic rings. The second-order valence-corrected chi connectivity index (χ2v) is 10.1. The predicted molar refractivity (Wildman–Crippen MR) is 142 cm³/mol. The third-order valence-electron chi connectivity index (χ3n) is 7.68. The molecule has 35 heavy (non-hydrogen) atoms. The van der Waals surface area contributed by atoms with E-state index in [2.05, 4.69) is 34.3 Å². The number of nitrogens with two attached hydrogens (primary N) is 1. The van der Waals surface area contributed by atoms with Crippen molar-refractivity contribution in [3.8, 4) is 11.3 Å². The molecule has 3 heterocycles. The molecule has 7 nitrogen and oxygen atoms in total. The van der Waals surface area contributed by atoms with Crippen LogP contribution in [0, 0.1) is 11.8 Å². The van der Waals surface area contributed by atoms with Crippen LogP contribution in [0.4, 0.5) is 5.82 Å². The number of carbonyl (C=O) groups is 1. The Bertz CT molecular complexity index is 1150. The molecule has 0 unspecified atom stereocenters. The Morgan fingerprint density at radius 1 is 1.03 bits per heavy atom. The third-order valence-corrected chi connectivity index (χ3v) is 7.68. The van der Waals surface area contributed by atoms with Gasteiger partial charge in [-0.15, -0.1) is 0 Å². The van der Waals surface area contributed by atoms with Crippen LogP contribution in [0.2, 0.25) is 0 Å². The molecule has 2 aromatic heterocycles. The number of nitrogens with one attached hydrogen (secondary N) is 1. The Kier molecular flexibility index (Phi) is 7.25. The molecular weight excluding hydrogens is 436 g/mol. The van der Waals surface area contributed by atoms with E-state index in [4.69, 9.17) is 15.7 Å². The van der Waals surface area contributed by atoms with E-state index in [1.165, 1.54) is 0 Å². The zero-order valence-electron chi connectivity index (χ0n) is 20.6. The average Bonchev–Trinajstić information content (AvgIpc) is 2.92. The monoisotopic (exact) mass is 472 g/mol. The summed E-state index contributed by atoms with van der Waals surface area (Å²) in [5.41, 5.74) is 9.01. The molecule has 184 valence electrons. The maximum Gasteiger partial charge on any atom is 0.252 e. The Labute approximate surface area is 207 Å². The maximum atomic E-state index is 13.3. The summed E-state index contributed by atoms with van der Waals surface area (Å²) >= 11 is 0. The van der Waals surface area contributed by atoms with Gasteiger partial charge < -0.3 is 20.9 Å². The lowest BCUT2D eigenvalue weighted by atomic mass is 9.82. The normalized spacial score (nSPS) is 21.3. The van der Waals surface area contributed by atoms with Gasteiger partial charge in [-0.2, -0.15) is 0 Å². The molecule has 3 aromatic rings. The number of aromatic nitrogens is 2. The number of pyridine rings is 2. The van der Waals surface area contributed by atoms with Gasteiger partial charge in [0.15, 0.2) is 0 Å². The molecule has 1 saturated carbocycles. The Balaban J connectivity index is 1.34. The van der Waals surface area contributed by atoms with E-state index in [0.717, 1.165) is 86.4 Å². The molecule has 2 fully saturated rings. The van der Waals surface area contributed by atoms with E-state index in [1.807, 2.05) is 36.5 Å². The number of rotatable bonds is 6. The predicted octanol–water partition coefficient (Wildman–Crippen LogP) is 3.54. The van der Waals surface area contributed by atoms with Crippen molar-refractivity contribution in [1.29, 1.82) is 0 Å². The summed E-state index contributed by atoms with van der Waals surface area (Å²) in [6.07, 6.45) is 6.47. The van der Waals surface area contributed by atoms with Gasteiger partial charge in [0, 0.05) is 49.9 Å².